The summed E-state index contributed by atoms with van der Waals surface area (Å²) in [6.07, 6.45) is 0.695. The predicted molar refractivity (Wildman–Crippen MR) is 82.2 cm³/mol. The lowest BCUT2D eigenvalue weighted by Gasteiger charge is -2.18. The maximum Gasteiger partial charge on any atom is 0.360 e. The Kier molecular flexibility index (Phi) is 4.62. The van der Waals surface area contributed by atoms with Crippen LogP contribution in [0.4, 0.5) is 5.82 Å². The number of carbonyl (C=O) groups excluding carboxylic acids is 1. The molecule has 0 bridgehead atoms. The smallest absolute Gasteiger partial charge is 0.360 e. The number of rotatable bonds is 5. The van der Waals surface area contributed by atoms with Crippen LogP contribution in [0.5, 0.6) is 0 Å². The van der Waals surface area contributed by atoms with Crippen LogP contribution in [0.2, 0.25) is 0 Å². The van der Waals surface area contributed by atoms with Crippen LogP contribution in [0.15, 0.2) is 30.3 Å². The Morgan fingerprint density at radius 2 is 2.00 bits per heavy atom. The first-order valence-electron chi connectivity index (χ1n) is 7.18. The van der Waals surface area contributed by atoms with E-state index in [1.54, 1.807) is 6.92 Å². The van der Waals surface area contributed by atoms with E-state index in [1.165, 1.54) is 0 Å². The number of nitrogens with zero attached hydrogens (tertiary/aromatic N) is 2. The third kappa shape index (κ3) is 2.91. The first-order chi connectivity index (χ1) is 10.1. The lowest BCUT2D eigenvalue weighted by Crippen LogP contribution is -2.14. The largest absolute Gasteiger partial charge is 0.461 e. The van der Waals surface area contributed by atoms with Gasteiger partial charge in [-0.2, -0.15) is 0 Å². The minimum absolute atomic E-state index is 0.0110. The fourth-order valence-corrected chi connectivity index (χ4v) is 2.41. The number of esters is 1. The van der Waals surface area contributed by atoms with Gasteiger partial charge in [0.15, 0.2) is 5.69 Å². The summed E-state index contributed by atoms with van der Waals surface area (Å²) in [5.41, 5.74) is 7.47. The number of ether oxygens (including phenoxy) is 1. The average molecular weight is 287 g/mol. The van der Waals surface area contributed by atoms with Crippen molar-refractivity contribution in [2.24, 2.45) is 0 Å². The van der Waals surface area contributed by atoms with Gasteiger partial charge in [-0.05, 0) is 19.4 Å². The van der Waals surface area contributed by atoms with Crippen molar-refractivity contribution < 1.29 is 9.53 Å². The molecule has 0 spiro atoms. The van der Waals surface area contributed by atoms with Crippen LogP contribution >= 0.6 is 0 Å². The Morgan fingerprint density at radius 1 is 1.33 bits per heavy atom. The average Bonchev–Trinajstić information content (AvgIpc) is 2.84. The van der Waals surface area contributed by atoms with Crippen molar-refractivity contribution in [1.82, 2.24) is 9.55 Å². The number of benzene rings is 1. The van der Waals surface area contributed by atoms with Gasteiger partial charge in [0.05, 0.1) is 12.6 Å². The number of aryl methyl sites for hydroxylation is 1. The van der Waals surface area contributed by atoms with E-state index in [2.05, 4.69) is 4.98 Å². The normalized spacial score (nSPS) is 12.1. The van der Waals surface area contributed by atoms with Crippen molar-refractivity contribution in [3.63, 3.8) is 0 Å². The van der Waals surface area contributed by atoms with Crippen molar-refractivity contribution in [3.05, 3.63) is 47.4 Å². The zero-order valence-electron chi connectivity index (χ0n) is 12.7. The van der Waals surface area contributed by atoms with Gasteiger partial charge in [-0.25, -0.2) is 9.78 Å². The van der Waals surface area contributed by atoms with Crippen molar-refractivity contribution >= 4 is 11.8 Å². The maximum absolute atomic E-state index is 11.9. The van der Waals surface area contributed by atoms with Gasteiger partial charge in [-0.3, -0.25) is 0 Å². The van der Waals surface area contributed by atoms with Crippen LogP contribution in [0.25, 0.3) is 0 Å². The molecular weight excluding hydrogens is 266 g/mol. The van der Waals surface area contributed by atoms with Crippen LogP contribution in [0, 0.1) is 0 Å². The number of nitrogen functional groups attached to an aromatic ring is 1. The summed E-state index contributed by atoms with van der Waals surface area (Å²) in [5.74, 6) is 0.678. The highest BCUT2D eigenvalue weighted by molar-refractivity contribution is 5.92. The zero-order chi connectivity index (χ0) is 15.4. The second kappa shape index (κ2) is 6.43. The number of imidazole rings is 1. The number of anilines is 1. The Morgan fingerprint density at radius 3 is 2.57 bits per heavy atom. The van der Waals surface area contributed by atoms with Gasteiger partial charge >= 0.3 is 5.97 Å². The summed E-state index contributed by atoms with van der Waals surface area (Å²) in [6.45, 7) is 6.10. The van der Waals surface area contributed by atoms with Crippen LogP contribution in [-0.4, -0.2) is 22.1 Å². The molecule has 2 N–H and O–H groups in total. The molecule has 5 heteroatoms. The zero-order valence-corrected chi connectivity index (χ0v) is 12.7. The number of carbonyl (C=O) groups is 1. The van der Waals surface area contributed by atoms with E-state index in [1.807, 2.05) is 48.7 Å². The standard InChI is InChI=1S/C16H21N3O2/c1-4-13-18-14(16(20)21-5-2)15(17)19(13)11(3)12-9-7-6-8-10-12/h6-11H,4-5,17H2,1-3H3. The summed E-state index contributed by atoms with van der Waals surface area (Å²) in [5, 5.41) is 0. The Balaban J connectivity index is 2.46. The summed E-state index contributed by atoms with van der Waals surface area (Å²) < 4.78 is 6.92. The minimum Gasteiger partial charge on any atom is -0.461 e. The molecule has 5 nitrogen and oxygen atoms in total. The molecule has 0 aliphatic carbocycles. The highest BCUT2D eigenvalue weighted by Gasteiger charge is 2.23. The molecule has 1 atom stereocenters. The molecule has 0 fully saturated rings. The summed E-state index contributed by atoms with van der Waals surface area (Å²) >= 11 is 0. The highest BCUT2D eigenvalue weighted by Crippen LogP contribution is 2.26. The second-order valence-corrected chi connectivity index (χ2v) is 4.79. The van der Waals surface area contributed by atoms with Gasteiger partial charge in [-0.15, -0.1) is 0 Å². The third-order valence-corrected chi connectivity index (χ3v) is 3.48. The highest BCUT2D eigenvalue weighted by atomic mass is 16.5. The number of nitrogens with two attached hydrogens (primary N) is 1. The van der Waals surface area contributed by atoms with Gasteiger partial charge in [0.2, 0.25) is 0 Å². The molecular formula is C16H21N3O2. The Labute approximate surface area is 124 Å². The molecule has 0 amide bonds. The van der Waals surface area contributed by atoms with Crippen LogP contribution in [0.1, 0.15) is 48.7 Å². The van der Waals surface area contributed by atoms with Gasteiger partial charge in [0.1, 0.15) is 11.6 Å². The molecule has 1 aromatic heterocycles. The van der Waals surface area contributed by atoms with E-state index in [0.29, 0.717) is 18.8 Å². The first-order valence-corrected chi connectivity index (χ1v) is 7.18. The lowest BCUT2D eigenvalue weighted by molar-refractivity contribution is 0.0521. The lowest BCUT2D eigenvalue weighted by atomic mass is 10.1. The van der Waals surface area contributed by atoms with Crippen molar-refractivity contribution in [2.75, 3.05) is 12.3 Å². The molecule has 1 aromatic carbocycles. The molecule has 1 unspecified atom stereocenters. The van der Waals surface area contributed by atoms with Crippen LogP contribution in [-0.2, 0) is 11.2 Å². The van der Waals surface area contributed by atoms with E-state index in [4.69, 9.17) is 10.5 Å². The quantitative estimate of drug-likeness (QED) is 0.858. The van der Waals surface area contributed by atoms with E-state index in [9.17, 15) is 4.79 Å². The van der Waals surface area contributed by atoms with Crippen molar-refractivity contribution in [3.8, 4) is 0 Å². The van der Waals surface area contributed by atoms with Crippen molar-refractivity contribution in [1.29, 1.82) is 0 Å². The molecule has 112 valence electrons. The Bertz CT molecular complexity index is 620. The fraction of sp³-hybridized carbons (Fsp3) is 0.375. The molecule has 0 saturated carbocycles. The number of hydrogen-bond donors (Lipinski definition) is 1. The first kappa shape index (κ1) is 15.1. The molecule has 21 heavy (non-hydrogen) atoms. The molecule has 0 saturated heterocycles. The molecule has 1 heterocycles. The molecule has 0 aliphatic heterocycles. The second-order valence-electron chi connectivity index (χ2n) is 4.79. The topological polar surface area (TPSA) is 70.1 Å². The molecule has 2 rings (SSSR count). The van der Waals surface area contributed by atoms with Gasteiger partial charge in [0, 0.05) is 6.42 Å². The van der Waals surface area contributed by atoms with E-state index in [-0.39, 0.29) is 11.7 Å². The Hall–Kier alpha value is -2.30. The van der Waals surface area contributed by atoms with E-state index < -0.39 is 5.97 Å². The van der Waals surface area contributed by atoms with E-state index >= 15 is 0 Å². The fourth-order valence-electron chi connectivity index (χ4n) is 2.41. The third-order valence-electron chi connectivity index (χ3n) is 3.48. The summed E-state index contributed by atoms with van der Waals surface area (Å²) in [6, 6.07) is 10.0. The van der Waals surface area contributed by atoms with Crippen LogP contribution in [0.3, 0.4) is 0 Å². The van der Waals surface area contributed by atoms with Crippen LogP contribution < -0.4 is 5.73 Å². The maximum atomic E-state index is 11.9. The van der Waals surface area contributed by atoms with E-state index in [0.717, 1.165) is 11.4 Å². The molecule has 0 radical (unpaired) electrons. The number of hydrogen-bond acceptors (Lipinski definition) is 4. The monoisotopic (exact) mass is 287 g/mol. The minimum atomic E-state index is -0.469. The predicted octanol–water partition coefficient (Wildman–Crippen LogP) is 2.81. The van der Waals surface area contributed by atoms with Gasteiger partial charge < -0.3 is 15.0 Å². The summed E-state index contributed by atoms with van der Waals surface area (Å²) in [7, 11) is 0. The molecule has 2 aromatic rings. The SMILES string of the molecule is CCOC(=O)c1nc(CC)n(C(C)c2ccccc2)c1N. The van der Waals surface area contributed by atoms with Gasteiger partial charge in [0.25, 0.3) is 0 Å². The van der Waals surface area contributed by atoms with Gasteiger partial charge in [-0.1, -0.05) is 37.3 Å². The molecule has 0 aliphatic rings. The van der Waals surface area contributed by atoms with Crippen molar-refractivity contribution in [2.45, 2.75) is 33.2 Å². The number of aromatic nitrogens is 2. The summed E-state index contributed by atoms with van der Waals surface area (Å²) in [4.78, 5) is 16.3.